The highest BCUT2D eigenvalue weighted by Gasteiger charge is 2.34. The number of fused-ring (bicyclic) bond motifs is 1. The van der Waals surface area contributed by atoms with E-state index >= 15 is 0 Å². The van der Waals surface area contributed by atoms with Crippen molar-refractivity contribution in [2.24, 2.45) is 4.99 Å². The van der Waals surface area contributed by atoms with Crippen molar-refractivity contribution in [2.45, 2.75) is 47.6 Å². The fourth-order valence-electron chi connectivity index (χ4n) is 5.68. The van der Waals surface area contributed by atoms with E-state index in [4.69, 9.17) is 19.2 Å². The third kappa shape index (κ3) is 5.09. The first-order chi connectivity index (χ1) is 20.1. The van der Waals surface area contributed by atoms with Crippen molar-refractivity contribution in [3.63, 3.8) is 0 Å². The first kappa shape index (κ1) is 29.1. The molecule has 0 aliphatic carbocycles. The number of carbonyl (C=O) groups excluding carboxylic acids is 1. The zero-order valence-electron chi connectivity index (χ0n) is 25.2. The van der Waals surface area contributed by atoms with Crippen molar-refractivity contribution in [1.29, 1.82) is 0 Å². The molecule has 0 saturated carbocycles. The summed E-state index contributed by atoms with van der Waals surface area (Å²) in [6.07, 6.45) is 1.92. The Morgan fingerprint density at radius 1 is 0.976 bits per heavy atom. The third-order valence-electron chi connectivity index (χ3n) is 7.46. The van der Waals surface area contributed by atoms with Gasteiger partial charge < -0.3 is 18.8 Å². The minimum Gasteiger partial charge on any atom is -0.493 e. The number of aromatic nitrogens is 2. The normalized spacial score (nSPS) is 15.0. The molecule has 42 heavy (non-hydrogen) atoms. The molecule has 0 unspecified atom stereocenters. The zero-order valence-corrected chi connectivity index (χ0v) is 26.0. The Balaban J connectivity index is 1.71. The highest BCUT2D eigenvalue weighted by atomic mass is 32.1. The summed E-state index contributed by atoms with van der Waals surface area (Å²) < 4.78 is 20.7. The molecule has 0 saturated heterocycles. The molecule has 1 aliphatic rings. The van der Waals surface area contributed by atoms with E-state index in [0.29, 0.717) is 37.7 Å². The summed E-state index contributed by atoms with van der Waals surface area (Å²) >= 11 is 1.30. The van der Waals surface area contributed by atoms with Crippen LogP contribution in [0.15, 0.2) is 63.5 Å². The molecule has 0 radical (unpaired) electrons. The Morgan fingerprint density at radius 3 is 2.31 bits per heavy atom. The van der Waals surface area contributed by atoms with Crippen molar-refractivity contribution in [3.05, 3.63) is 107 Å². The van der Waals surface area contributed by atoms with Gasteiger partial charge in [-0.1, -0.05) is 23.5 Å². The second-order valence-corrected chi connectivity index (χ2v) is 11.4. The van der Waals surface area contributed by atoms with E-state index < -0.39 is 12.0 Å². The number of hydrogen-bond acceptors (Lipinski definition) is 7. The van der Waals surface area contributed by atoms with Gasteiger partial charge in [0.1, 0.15) is 0 Å². The van der Waals surface area contributed by atoms with Gasteiger partial charge in [-0.3, -0.25) is 9.36 Å². The number of allylic oxidation sites excluding steroid dienone is 1. The molecule has 9 heteroatoms. The van der Waals surface area contributed by atoms with Crippen LogP contribution in [-0.2, 0) is 9.53 Å². The molecule has 0 fully saturated rings. The maximum Gasteiger partial charge on any atom is 0.338 e. The second-order valence-electron chi connectivity index (χ2n) is 10.4. The molecule has 4 aromatic rings. The number of benzene rings is 2. The predicted molar refractivity (Wildman–Crippen MR) is 165 cm³/mol. The SMILES string of the molecule is CCOC(=O)C1=C(C)N=c2s/c(=C/c3cc(C)n(-c4cc(C)cc(C)c4)c3C)c(=O)n2[C@H]1c1ccc(OC)c(OC)c1. The number of aryl methyl sites for hydroxylation is 3. The summed E-state index contributed by atoms with van der Waals surface area (Å²) in [6.45, 7) is 12.0. The van der Waals surface area contributed by atoms with Crippen molar-refractivity contribution >= 4 is 23.4 Å². The first-order valence-electron chi connectivity index (χ1n) is 13.8. The first-order valence-corrected chi connectivity index (χ1v) is 14.6. The van der Waals surface area contributed by atoms with Gasteiger partial charge in [-0.15, -0.1) is 0 Å². The highest BCUT2D eigenvalue weighted by molar-refractivity contribution is 7.07. The lowest BCUT2D eigenvalue weighted by atomic mass is 9.95. The van der Waals surface area contributed by atoms with Crippen molar-refractivity contribution in [2.75, 3.05) is 20.8 Å². The van der Waals surface area contributed by atoms with Crippen LogP contribution in [0.2, 0.25) is 0 Å². The van der Waals surface area contributed by atoms with Gasteiger partial charge in [-0.2, -0.15) is 0 Å². The van der Waals surface area contributed by atoms with Gasteiger partial charge in [0.2, 0.25) is 0 Å². The van der Waals surface area contributed by atoms with Crippen LogP contribution in [0, 0.1) is 27.7 Å². The molecule has 1 atom stereocenters. The largest absolute Gasteiger partial charge is 0.493 e. The molecular formula is C33H35N3O5S. The Bertz CT molecular complexity index is 1910. The van der Waals surface area contributed by atoms with E-state index in [1.165, 1.54) is 22.5 Å². The van der Waals surface area contributed by atoms with Crippen LogP contribution >= 0.6 is 11.3 Å². The zero-order chi connectivity index (χ0) is 30.3. The van der Waals surface area contributed by atoms with E-state index in [-0.39, 0.29) is 12.2 Å². The number of esters is 1. The van der Waals surface area contributed by atoms with Crippen LogP contribution in [0.1, 0.15) is 53.5 Å². The maximum atomic E-state index is 14.1. The standard InChI is InChI=1S/C33H35N3O5S/c1-9-41-32(38)29-21(5)34-33-36(30(29)23-10-11-26(39-7)27(16-23)40-8)31(37)28(42-33)17-24-15-20(4)35(22(24)6)25-13-18(2)12-19(3)14-25/h10-17,30H,9H2,1-8H3/b28-17+/t30-/m0/s1. The van der Waals surface area contributed by atoms with Gasteiger partial charge in [0.05, 0.1) is 42.7 Å². The molecule has 1 aliphatic heterocycles. The Morgan fingerprint density at radius 2 is 1.67 bits per heavy atom. The van der Waals surface area contributed by atoms with Gasteiger partial charge in [-0.25, -0.2) is 9.79 Å². The molecule has 0 bridgehead atoms. The summed E-state index contributed by atoms with van der Waals surface area (Å²) in [7, 11) is 3.11. The average molecular weight is 586 g/mol. The molecule has 5 rings (SSSR count). The van der Waals surface area contributed by atoms with Gasteiger partial charge in [0.25, 0.3) is 5.56 Å². The van der Waals surface area contributed by atoms with Crippen LogP contribution in [-0.4, -0.2) is 35.9 Å². The molecule has 0 N–H and O–H groups in total. The van der Waals surface area contributed by atoms with E-state index in [1.807, 2.05) is 12.1 Å². The minimum atomic E-state index is -0.745. The molecule has 2 aromatic carbocycles. The van der Waals surface area contributed by atoms with Gasteiger partial charge in [0, 0.05) is 17.1 Å². The lowest BCUT2D eigenvalue weighted by Gasteiger charge is -2.25. The number of hydrogen-bond donors (Lipinski definition) is 0. The Kier molecular flexibility index (Phi) is 7.97. The summed E-state index contributed by atoms with van der Waals surface area (Å²) in [5.74, 6) is 0.532. The van der Waals surface area contributed by atoms with E-state index in [0.717, 1.165) is 22.6 Å². The lowest BCUT2D eigenvalue weighted by Crippen LogP contribution is -2.40. The molecule has 2 aromatic heterocycles. The van der Waals surface area contributed by atoms with Crippen molar-refractivity contribution in [3.8, 4) is 17.2 Å². The van der Waals surface area contributed by atoms with E-state index in [1.54, 1.807) is 44.8 Å². The van der Waals surface area contributed by atoms with E-state index in [9.17, 15) is 9.59 Å². The summed E-state index contributed by atoms with van der Waals surface area (Å²) in [5, 5.41) is 0. The second kappa shape index (κ2) is 11.5. The highest BCUT2D eigenvalue weighted by Crippen LogP contribution is 2.36. The van der Waals surface area contributed by atoms with Gasteiger partial charge >= 0.3 is 5.97 Å². The van der Waals surface area contributed by atoms with Gasteiger partial charge in [-0.05, 0) is 100 Å². The number of carbonyl (C=O) groups is 1. The summed E-state index contributed by atoms with van der Waals surface area (Å²) in [5.41, 5.74) is 7.79. The Hall–Kier alpha value is -4.37. The van der Waals surface area contributed by atoms with Crippen LogP contribution in [0.25, 0.3) is 11.8 Å². The Labute approximate surface area is 248 Å². The maximum absolute atomic E-state index is 14.1. The van der Waals surface area contributed by atoms with Gasteiger partial charge in [0.15, 0.2) is 16.3 Å². The average Bonchev–Trinajstić information content (AvgIpc) is 3.40. The molecule has 0 amide bonds. The molecule has 3 heterocycles. The van der Waals surface area contributed by atoms with Crippen molar-refractivity contribution < 1.29 is 19.0 Å². The van der Waals surface area contributed by atoms with Crippen LogP contribution in [0.3, 0.4) is 0 Å². The number of ether oxygens (including phenoxy) is 3. The van der Waals surface area contributed by atoms with Crippen LogP contribution in [0.4, 0.5) is 0 Å². The minimum absolute atomic E-state index is 0.203. The fourth-order valence-corrected chi connectivity index (χ4v) is 6.72. The third-order valence-corrected chi connectivity index (χ3v) is 8.44. The molecule has 0 spiro atoms. The smallest absolute Gasteiger partial charge is 0.338 e. The lowest BCUT2D eigenvalue weighted by molar-refractivity contribution is -0.139. The fraction of sp³-hybridized carbons (Fsp3) is 0.303. The topological polar surface area (TPSA) is 84.1 Å². The summed E-state index contributed by atoms with van der Waals surface area (Å²) in [4.78, 5) is 32.6. The molecule has 8 nitrogen and oxygen atoms in total. The summed E-state index contributed by atoms with van der Waals surface area (Å²) in [6, 6.07) is 13.2. The molecule has 218 valence electrons. The number of nitrogens with zero attached hydrogens (tertiary/aromatic N) is 3. The number of methoxy groups -OCH3 is 2. The van der Waals surface area contributed by atoms with E-state index in [2.05, 4.69) is 56.5 Å². The molecular weight excluding hydrogens is 550 g/mol. The van der Waals surface area contributed by atoms with Crippen molar-refractivity contribution in [1.82, 2.24) is 9.13 Å². The number of rotatable bonds is 7. The number of thiazole rings is 1. The van der Waals surface area contributed by atoms with Crippen LogP contribution in [0.5, 0.6) is 11.5 Å². The van der Waals surface area contributed by atoms with Crippen LogP contribution < -0.4 is 24.4 Å². The quantitative estimate of drug-likeness (QED) is 0.290. The predicted octanol–water partition coefficient (Wildman–Crippen LogP) is 4.84. The monoisotopic (exact) mass is 585 g/mol.